The van der Waals surface area contributed by atoms with Crippen molar-refractivity contribution in [2.24, 2.45) is 0 Å². The van der Waals surface area contributed by atoms with Crippen molar-refractivity contribution in [2.45, 2.75) is 53.1 Å². The fourth-order valence-corrected chi connectivity index (χ4v) is 3.19. The van der Waals surface area contributed by atoms with Gasteiger partial charge >= 0.3 is 5.97 Å². The highest BCUT2D eigenvalue weighted by Gasteiger charge is 2.23. The van der Waals surface area contributed by atoms with Crippen LogP contribution in [-0.4, -0.2) is 29.7 Å². The van der Waals surface area contributed by atoms with E-state index >= 15 is 0 Å². The molecule has 0 aliphatic rings. The Hall–Kier alpha value is -1.40. The van der Waals surface area contributed by atoms with Gasteiger partial charge in [-0.05, 0) is 39.2 Å². The van der Waals surface area contributed by atoms with Gasteiger partial charge in [-0.15, -0.1) is 11.3 Å². The number of esters is 1. The van der Waals surface area contributed by atoms with Crippen LogP contribution in [0.3, 0.4) is 0 Å². The quantitative estimate of drug-likeness (QED) is 0.759. The second-order valence-electron chi connectivity index (χ2n) is 4.85. The number of aryl methyl sites for hydroxylation is 1. The fourth-order valence-electron chi connectivity index (χ4n) is 2.04. The van der Waals surface area contributed by atoms with Crippen LogP contribution < -0.4 is 5.32 Å². The van der Waals surface area contributed by atoms with Gasteiger partial charge in [0.05, 0.1) is 18.3 Å². The molecule has 5 nitrogen and oxygen atoms in total. The van der Waals surface area contributed by atoms with Crippen LogP contribution in [0.1, 0.15) is 54.4 Å². The molecule has 2 N–H and O–H groups in total. The predicted molar refractivity (Wildman–Crippen MR) is 83.9 cm³/mol. The molecule has 21 heavy (non-hydrogen) atoms. The van der Waals surface area contributed by atoms with E-state index in [1.807, 2.05) is 13.8 Å². The zero-order chi connectivity index (χ0) is 16.0. The standard InChI is InChI=1S/C15H23NO4S/c1-5-11-10(4)21-14(13(11)15(19)20-6-2)16-12(18)8-7-9(3)17/h9,17H,5-8H2,1-4H3,(H,16,18). The first-order chi connectivity index (χ1) is 9.90. The third kappa shape index (κ3) is 4.82. The van der Waals surface area contributed by atoms with Gasteiger partial charge in [0.2, 0.25) is 5.91 Å². The first kappa shape index (κ1) is 17.7. The number of rotatable bonds is 7. The van der Waals surface area contributed by atoms with Gasteiger partial charge in [0.25, 0.3) is 0 Å². The van der Waals surface area contributed by atoms with Crippen molar-refractivity contribution in [3.05, 3.63) is 16.0 Å². The van der Waals surface area contributed by atoms with Gasteiger partial charge < -0.3 is 15.2 Å². The van der Waals surface area contributed by atoms with Crippen molar-refractivity contribution in [2.75, 3.05) is 11.9 Å². The van der Waals surface area contributed by atoms with Crippen molar-refractivity contribution in [1.29, 1.82) is 0 Å². The molecule has 0 aromatic carbocycles. The third-order valence-electron chi connectivity index (χ3n) is 3.08. The Bertz CT molecular complexity index is 508. The van der Waals surface area contributed by atoms with Crippen molar-refractivity contribution in [3.63, 3.8) is 0 Å². The van der Waals surface area contributed by atoms with Crippen LogP contribution >= 0.6 is 11.3 Å². The first-order valence-corrected chi connectivity index (χ1v) is 7.99. The molecular weight excluding hydrogens is 290 g/mol. The predicted octanol–water partition coefficient (Wildman–Crippen LogP) is 2.90. The molecule has 0 aliphatic carbocycles. The molecule has 0 spiro atoms. The highest BCUT2D eigenvalue weighted by Crippen LogP contribution is 2.34. The van der Waals surface area contributed by atoms with Crippen molar-refractivity contribution in [1.82, 2.24) is 0 Å². The van der Waals surface area contributed by atoms with Crippen LogP contribution in [0.4, 0.5) is 5.00 Å². The van der Waals surface area contributed by atoms with E-state index in [1.165, 1.54) is 11.3 Å². The lowest BCUT2D eigenvalue weighted by Gasteiger charge is -2.08. The summed E-state index contributed by atoms with van der Waals surface area (Å²) in [6, 6.07) is 0. The monoisotopic (exact) mass is 313 g/mol. The summed E-state index contributed by atoms with van der Waals surface area (Å²) in [5, 5.41) is 12.5. The molecule has 118 valence electrons. The molecule has 1 atom stereocenters. The third-order valence-corrected chi connectivity index (χ3v) is 4.15. The Balaban J connectivity index is 2.95. The fraction of sp³-hybridized carbons (Fsp3) is 0.600. The zero-order valence-electron chi connectivity index (χ0n) is 13.0. The molecular formula is C15H23NO4S. The Kier molecular flexibility index (Phi) is 6.84. The van der Waals surface area contributed by atoms with Gasteiger partial charge in [-0.2, -0.15) is 0 Å². The van der Waals surface area contributed by atoms with Gasteiger partial charge in [-0.25, -0.2) is 4.79 Å². The number of amides is 1. The van der Waals surface area contributed by atoms with Crippen LogP contribution in [0.15, 0.2) is 0 Å². The normalized spacial score (nSPS) is 12.0. The maximum Gasteiger partial charge on any atom is 0.341 e. The molecule has 1 rings (SSSR count). The molecule has 0 saturated carbocycles. The first-order valence-electron chi connectivity index (χ1n) is 7.17. The molecule has 0 bridgehead atoms. The largest absolute Gasteiger partial charge is 0.462 e. The summed E-state index contributed by atoms with van der Waals surface area (Å²) in [5.41, 5.74) is 1.39. The molecule has 6 heteroatoms. The summed E-state index contributed by atoms with van der Waals surface area (Å²) in [4.78, 5) is 25.0. The van der Waals surface area contributed by atoms with E-state index in [4.69, 9.17) is 4.74 Å². The Morgan fingerprint density at radius 3 is 2.57 bits per heavy atom. The molecule has 0 fully saturated rings. The highest BCUT2D eigenvalue weighted by molar-refractivity contribution is 7.16. The average Bonchev–Trinajstić information content (AvgIpc) is 2.72. The minimum Gasteiger partial charge on any atom is -0.462 e. The Morgan fingerprint density at radius 2 is 2.05 bits per heavy atom. The number of anilines is 1. The Morgan fingerprint density at radius 1 is 1.38 bits per heavy atom. The van der Waals surface area contributed by atoms with E-state index in [-0.39, 0.29) is 12.3 Å². The van der Waals surface area contributed by atoms with E-state index in [1.54, 1.807) is 13.8 Å². The lowest BCUT2D eigenvalue weighted by atomic mass is 10.1. The van der Waals surface area contributed by atoms with Gasteiger partial charge in [-0.3, -0.25) is 4.79 Å². The number of aliphatic hydroxyl groups excluding tert-OH is 1. The summed E-state index contributed by atoms with van der Waals surface area (Å²) in [7, 11) is 0. The van der Waals surface area contributed by atoms with Crippen LogP contribution in [0.5, 0.6) is 0 Å². The summed E-state index contributed by atoms with van der Waals surface area (Å²) >= 11 is 1.39. The maximum atomic E-state index is 12.1. The summed E-state index contributed by atoms with van der Waals surface area (Å²) in [5.74, 6) is -0.602. The molecule has 0 radical (unpaired) electrons. The van der Waals surface area contributed by atoms with Crippen LogP contribution in [0.2, 0.25) is 0 Å². The minimum atomic E-state index is -0.517. The number of nitrogens with one attached hydrogen (secondary N) is 1. The average molecular weight is 313 g/mol. The number of thiophene rings is 1. The molecule has 1 heterocycles. The van der Waals surface area contributed by atoms with Gasteiger partial charge in [0.1, 0.15) is 5.00 Å². The van der Waals surface area contributed by atoms with Crippen molar-refractivity contribution in [3.8, 4) is 0 Å². The minimum absolute atomic E-state index is 0.203. The van der Waals surface area contributed by atoms with Crippen LogP contribution in [-0.2, 0) is 16.0 Å². The molecule has 1 unspecified atom stereocenters. The number of carbonyl (C=O) groups excluding carboxylic acids is 2. The smallest absolute Gasteiger partial charge is 0.341 e. The molecule has 0 aliphatic heterocycles. The summed E-state index contributed by atoms with van der Waals surface area (Å²) in [6.45, 7) is 7.59. The zero-order valence-corrected chi connectivity index (χ0v) is 13.8. The SMILES string of the molecule is CCOC(=O)c1c(NC(=O)CCC(C)O)sc(C)c1CC. The van der Waals surface area contributed by atoms with E-state index in [2.05, 4.69) is 5.32 Å². The lowest BCUT2D eigenvalue weighted by molar-refractivity contribution is -0.116. The van der Waals surface area contributed by atoms with Crippen molar-refractivity contribution < 1.29 is 19.4 Å². The van der Waals surface area contributed by atoms with E-state index in [9.17, 15) is 14.7 Å². The van der Waals surface area contributed by atoms with Gasteiger partial charge in [0, 0.05) is 11.3 Å². The topological polar surface area (TPSA) is 75.6 Å². The molecule has 1 aromatic rings. The lowest BCUT2D eigenvalue weighted by Crippen LogP contribution is -2.16. The molecule has 0 saturated heterocycles. The van der Waals surface area contributed by atoms with E-state index in [0.717, 1.165) is 10.4 Å². The second-order valence-corrected chi connectivity index (χ2v) is 6.08. The number of aliphatic hydroxyl groups is 1. The second kappa shape index (κ2) is 8.14. The highest BCUT2D eigenvalue weighted by atomic mass is 32.1. The summed E-state index contributed by atoms with van der Waals surface area (Å²) < 4.78 is 5.08. The molecule has 1 amide bonds. The van der Waals surface area contributed by atoms with Gasteiger partial charge in [-0.1, -0.05) is 6.92 Å². The maximum absolute atomic E-state index is 12.1. The van der Waals surface area contributed by atoms with E-state index in [0.29, 0.717) is 30.0 Å². The number of hydrogen-bond acceptors (Lipinski definition) is 5. The Labute approximate surface area is 129 Å². The number of ether oxygens (including phenoxy) is 1. The van der Waals surface area contributed by atoms with Crippen molar-refractivity contribution >= 4 is 28.2 Å². The van der Waals surface area contributed by atoms with Crippen LogP contribution in [0, 0.1) is 6.92 Å². The summed E-state index contributed by atoms with van der Waals surface area (Å²) in [6.07, 6.45) is 0.806. The van der Waals surface area contributed by atoms with Crippen LogP contribution in [0.25, 0.3) is 0 Å². The van der Waals surface area contributed by atoms with Gasteiger partial charge in [0.15, 0.2) is 0 Å². The molecule has 1 aromatic heterocycles. The number of carbonyl (C=O) groups is 2. The van der Waals surface area contributed by atoms with E-state index < -0.39 is 12.1 Å². The number of hydrogen-bond donors (Lipinski definition) is 2.